The van der Waals surface area contributed by atoms with Gasteiger partial charge in [-0.2, -0.15) is 0 Å². The molecule has 24 heavy (non-hydrogen) atoms. The second-order valence-electron chi connectivity index (χ2n) is 6.16. The smallest absolute Gasteiger partial charge is 0.331 e. The first-order valence-electron chi connectivity index (χ1n) is 8.93. The fourth-order valence-electron chi connectivity index (χ4n) is 2.19. The molecule has 1 fully saturated rings. The second-order valence-corrected chi connectivity index (χ2v) is 6.16. The Balaban J connectivity index is 1.98. The third kappa shape index (κ3) is 10.4. The summed E-state index contributed by atoms with van der Waals surface area (Å²) in [6, 6.07) is 0. The van der Waals surface area contributed by atoms with E-state index in [4.69, 9.17) is 14.2 Å². The van der Waals surface area contributed by atoms with Crippen molar-refractivity contribution in [3.05, 3.63) is 12.2 Å². The van der Waals surface area contributed by atoms with Crippen LogP contribution in [0, 0.1) is 5.92 Å². The highest BCUT2D eigenvalue weighted by atomic mass is 16.5. The summed E-state index contributed by atoms with van der Waals surface area (Å²) in [5.74, 6) is -0.673. The third-order valence-corrected chi connectivity index (χ3v) is 4.03. The van der Waals surface area contributed by atoms with Crippen LogP contribution in [-0.2, 0) is 23.8 Å². The highest BCUT2D eigenvalue weighted by Crippen LogP contribution is 2.03. The highest BCUT2D eigenvalue weighted by Gasteiger charge is 2.09. The van der Waals surface area contributed by atoms with Crippen molar-refractivity contribution >= 4 is 11.9 Å². The van der Waals surface area contributed by atoms with Crippen LogP contribution in [0.1, 0.15) is 39.5 Å². The van der Waals surface area contributed by atoms with Crippen molar-refractivity contribution in [3.63, 3.8) is 0 Å². The molecular formula is C18H31NO5. The Morgan fingerprint density at radius 1 is 1.08 bits per heavy atom. The standard InChI is InChI=1S/C18H31NO5/c1-3-16(2)15-24-18(21)8-7-17(20)23-12-6-4-5-9-19-10-13-22-14-11-19/h7-8,16H,3-6,9-15H2,1-2H3/b8-7+. The van der Waals surface area contributed by atoms with Crippen molar-refractivity contribution in [1.29, 1.82) is 0 Å². The number of hydrogen-bond acceptors (Lipinski definition) is 6. The van der Waals surface area contributed by atoms with E-state index in [-0.39, 0.29) is 0 Å². The van der Waals surface area contributed by atoms with Crippen LogP contribution in [0.5, 0.6) is 0 Å². The number of hydrogen-bond donors (Lipinski definition) is 0. The van der Waals surface area contributed by atoms with Gasteiger partial charge in [0.05, 0.1) is 26.4 Å². The second kappa shape index (κ2) is 13.0. The molecule has 1 saturated heterocycles. The fourth-order valence-corrected chi connectivity index (χ4v) is 2.19. The molecule has 1 aliphatic rings. The average Bonchev–Trinajstić information content (AvgIpc) is 2.61. The SMILES string of the molecule is CCC(C)COC(=O)/C=C/C(=O)OCCCCCN1CCOCC1. The van der Waals surface area contributed by atoms with Crippen LogP contribution in [-0.4, -0.2) is 62.9 Å². The molecule has 0 N–H and O–H groups in total. The normalized spacial score (nSPS) is 16.9. The van der Waals surface area contributed by atoms with Gasteiger partial charge in [-0.05, 0) is 31.7 Å². The molecule has 1 unspecified atom stereocenters. The molecule has 0 bridgehead atoms. The topological polar surface area (TPSA) is 65.1 Å². The monoisotopic (exact) mass is 341 g/mol. The minimum Gasteiger partial charge on any atom is -0.463 e. The summed E-state index contributed by atoms with van der Waals surface area (Å²) in [7, 11) is 0. The molecule has 0 aromatic heterocycles. The largest absolute Gasteiger partial charge is 0.463 e. The molecule has 0 aromatic rings. The van der Waals surface area contributed by atoms with Crippen molar-refractivity contribution < 1.29 is 23.8 Å². The van der Waals surface area contributed by atoms with Crippen LogP contribution in [0.25, 0.3) is 0 Å². The lowest BCUT2D eigenvalue weighted by Gasteiger charge is -2.26. The first-order chi connectivity index (χ1) is 11.6. The van der Waals surface area contributed by atoms with Crippen molar-refractivity contribution in [3.8, 4) is 0 Å². The number of carbonyl (C=O) groups excluding carboxylic acids is 2. The molecule has 0 radical (unpaired) electrons. The van der Waals surface area contributed by atoms with E-state index in [1.54, 1.807) is 0 Å². The number of ether oxygens (including phenoxy) is 3. The molecule has 1 rings (SSSR count). The number of esters is 2. The summed E-state index contributed by atoms with van der Waals surface area (Å²) in [4.78, 5) is 25.3. The quantitative estimate of drug-likeness (QED) is 0.326. The summed E-state index contributed by atoms with van der Waals surface area (Å²) in [5.41, 5.74) is 0. The first kappa shape index (κ1) is 20.6. The summed E-state index contributed by atoms with van der Waals surface area (Å²) in [6.07, 6.45) is 6.16. The van der Waals surface area contributed by atoms with Crippen LogP contribution in [0.4, 0.5) is 0 Å². The number of rotatable bonds is 11. The highest BCUT2D eigenvalue weighted by molar-refractivity contribution is 5.91. The molecular weight excluding hydrogens is 310 g/mol. The zero-order chi connectivity index (χ0) is 17.6. The maximum absolute atomic E-state index is 11.5. The molecule has 0 spiro atoms. The molecule has 0 saturated carbocycles. The molecule has 0 amide bonds. The van der Waals surface area contributed by atoms with E-state index in [1.807, 2.05) is 13.8 Å². The molecule has 0 aromatic carbocycles. The van der Waals surface area contributed by atoms with E-state index in [0.717, 1.165) is 70.7 Å². The molecule has 1 aliphatic heterocycles. The van der Waals surface area contributed by atoms with Gasteiger partial charge in [0.1, 0.15) is 0 Å². The van der Waals surface area contributed by atoms with Gasteiger partial charge in [-0.1, -0.05) is 20.3 Å². The van der Waals surface area contributed by atoms with E-state index in [9.17, 15) is 9.59 Å². The average molecular weight is 341 g/mol. The maximum atomic E-state index is 11.5. The number of carbonyl (C=O) groups is 2. The van der Waals surface area contributed by atoms with E-state index < -0.39 is 11.9 Å². The summed E-state index contributed by atoms with van der Waals surface area (Å²) in [6.45, 7) is 9.52. The lowest BCUT2D eigenvalue weighted by Crippen LogP contribution is -2.36. The summed E-state index contributed by atoms with van der Waals surface area (Å²) >= 11 is 0. The van der Waals surface area contributed by atoms with E-state index >= 15 is 0 Å². The first-order valence-corrected chi connectivity index (χ1v) is 8.93. The number of nitrogens with zero attached hydrogens (tertiary/aromatic N) is 1. The van der Waals surface area contributed by atoms with E-state index in [0.29, 0.717) is 19.1 Å². The Hall–Kier alpha value is -1.40. The van der Waals surface area contributed by atoms with Crippen LogP contribution in [0.15, 0.2) is 12.2 Å². The Morgan fingerprint density at radius 3 is 2.42 bits per heavy atom. The van der Waals surface area contributed by atoms with Crippen LogP contribution in [0.3, 0.4) is 0 Å². The Bertz CT molecular complexity index is 391. The molecule has 0 aliphatic carbocycles. The van der Waals surface area contributed by atoms with Gasteiger partial charge in [-0.25, -0.2) is 9.59 Å². The van der Waals surface area contributed by atoms with Crippen LogP contribution in [0.2, 0.25) is 0 Å². The van der Waals surface area contributed by atoms with Crippen LogP contribution >= 0.6 is 0 Å². The van der Waals surface area contributed by atoms with Gasteiger partial charge in [-0.15, -0.1) is 0 Å². The lowest BCUT2D eigenvalue weighted by atomic mass is 10.1. The van der Waals surface area contributed by atoms with E-state index in [1.165, 1.54) is 0 Å². The minimum atomic E-state index is -0.502. The number of unbranched alkanes of at least 4 members (excludes halogenated alkanes) is 2. The lowest BCUT2D eigenvalue weighted by molar-refractivity contribution is -0.141. The van der Waals surface area contributed by atoms with Crippen LogP contribution < -0.4 is 0 Å². The predicted octanol–water partition coefficient (Wildman–Crippen LogP) is 2.18. The predicted molar refractivity (Wildman–Crippen MR) is 91.6 cm³/mol. The van der Waals surface area contributed by atoms with Gasteiger partial charge in [0.2, 0.25) is 0 Å². The van der Waals surface area contributed by atoms with Gasteiger partial charge >= 0.3 is 11.9 Å². The molecule has 6 heteroatoms. The number of morpholine rings is 1. The van der Waals surface area contributed by atoms with Gasteiger partial charge in [-0.3, -0.25) is 4.90 Å². The van der Waals surface area contributed by atoms with Crippen molar-refractivity contribution in [2.45, 2.75) is 39.5 Å². The minimum absolute atomic E-state index is 0.326. The van der Waals surface area contributed by atoms with Crippen molar-refractivity contribution in [2.24, 2.45) is 5.92 Å². The van der Waals surface area contributed by atoms with Crippen molar-refractivity contribution in [1.82, 2.24) is 4.90 Å². The van der Waals surface area contributed by atoms with Crippen molar-refractivity contribution in [2.75, 3.05) is 46.1 Å². The maximum Gasteiger partial charge on any atom is 0.331 e. The Morgan fingerprint density at radius 2 is 1.75 bits per heavy atom. The van der Waals surface area contributed by atoms with E-state index in [2.05, 4.69) is 4.90 Å². The molecule has 1 atom stereocenters. The summed E-state index contributed by atoms with van der Waals surface area (Å²) in [5, 5.41) is 0. The third-order valence-electron chi connectivity index (χ3n) is 4.03. The summed E-state index contributed by atoms with van der Waals surface area (Å²) < 4.78 is 15.4. The molecule has 1 heterocycles. The molecule has 6 nitrogen and oxygen atoms in total. The van der Waals surface area contributed by atoms with Gasteiger partial charge in [0.25, 0.3) is 0 Å². The zero-order valence-electron chi connectivity index (χ0n) is 15.0. The van der Waals surface area contributed by atoms with Gasteiger partial charge in [0, 0.05) is 25.2 Å². The fraction of sp³-hybridized carbons (Fsp3) is 0.778. The molecule has 138 valence electrons. The Kier molecular flexibility index (Phi) is 11.1. The van der Waals surface area contributed by atoms with Gasteiger partial charge < -0.3 is 14.2 Å². The zero-order valence-corrected chi connectivity index (χ0v) is 15.0. The van der Waals surface area contributed by atoms with Gasteiger partial charge in [0.15, 0.2) is 0 Å². The Labute approximate surface area is 145 Å².